The first-order chi connectivity index (χ1) is 14.9. The Balaban J connectivity index is 1.32. The summed E-state index contributed by atoms with van der Waals surface area (Å²) in [6.45, 7) is 9.33. The molecule has 0 radical (unpaired) electrons. The minimum atomic E-state index is -0.963. The maximum Gasteiger partial charge on any atom is 0.266 e. The summed E-state index contributed by atoms with van der Waals surface area (Å²) in [5.41, 5.74) is -0.963. The van der Waals surface area contributed by atoms with Crippen LogP contribution < -0.4 is 14.5 Å². The highest BCUT2D eigenvalue weighted by atomic mass is 35.5. The highest BCUT2D eigenvalue weighted by Gasteiger charge is 2.36. The molecule has 0 saturated carbocycles. The minimum absolute atomic E-state index is 0.0316. The van der Waals surface area contributed by atoms with Gasteiger partial charge in [-0.05, 0) is 50.2 Å². The van der Waals surface area contributed by atoms with Gasteiger partial charge in [0, 0.05) is 44.3 Å². The number of rotatable bonds is 5. The molecular formula is C22H28ClN5O3. The van der Waals surface area contributed by atoms with Gasteiger partial charge in [0.1, 0.15) is 5.75 Å². The number of benzene rings is 1. The topological polar surface area (TPSA) is 71.0 Å². The Morgan fingerprint density at radius 2 is 1.45 bits per heavy atom. The van der Waals surface area contributed by atoms with Gasteiger partial charge in [-0.25, -0.2) is 0 Å². The van der Waals surface area contributed by atoms with Gasteiger partial charge in [-0.2, -0.15) is 0 Å². The number of nitrogens with zero attached hydrogens (tertiary/aromatic N) is 5. The summed E-state index contributed by atoms with van der Waals surface area (Å²) in [5, 5.41) is 9.44. The fraction of sp³-hybridized carbons (Fsp3) is 0.500. The molecule has 2 saturated heterocycles. The lowest BCUT2D eigenvalue weighted by Crippen LogP contribution is -2.56. The zero-order valence-electron chi connectivity index (χ0n) is 18.0. The van der Waals surface area contributed by atoms with Gasteiger partial charge in [-0.15, -0.1) is 10.2 Å². The first-order valence-electron chi connectivity index (χ1n) is 10.6. The molecule has 1 aromatic heterocycles. The van der Waals surface area contributed by atoms with Gasteiger partial charge in [0.25, 0.3) is 5.91 Å². The Morgan fingerprint density at radius 3 is 2.00 bits per heavy atom. The van der Waals surface area contributed by atoms with Crippen molar-refractivity contribution in [3.05, 3.63) is 41.4 Å². The summed E-state index contributed by atoms with van der Waals surface area (Å²) in [6.07, 6.45) is 0. The number of halogens is 1. The van der Waals surface area contributed by atoms with E-state index in [-0.39, 0.29) is 5.91 Å². The monoisotopic (exact) mass is 445 g/mol. The van der Waals surface area contributed by atoms with E-state index in [4.69, 9.17) is 21.1 Å². The summed E-state index contributed by atoms with van der Waals surface area (Å²) in [5.74, 6) is 2.30. The molecule has 0 unspecified atom stereocenters. The number of ether oxygens (including phenoxy) is 2. The molecule has 2 aromatic rings. The van der Waals surface area contributed by atoms with Crippen molar-refractivity contribution in [2.75, 3.05) is 62.3 Å². The molecule has 1 amide bonds. The van der Waals surface area contributed by atoms with Crippen molar-refractivity contribution in [2.45, 2.75) is 19.4 Å². The first kappa shape index (κ1) is 21.6. The van der Waals surface area contributed by atoms with Crippen molar-refractivity contribution in [1.82, 2.24) is 15.1 Å². The molecular weight excluding hydrogens is 418 g/mol. The third kappa shape index (κ3) is 5.19. The van der Waals surface area contributed by atoms with E-state index in [2.05, 4.69) is 20.0 Å². The van der Waals surface area contributed by atoms with E-state index < -0.39 is 5.60 Å². The predicted molar refractivity (Wildman–Crippen MR) is 120 cm³/mol. The first-order valence-corrected chi connectivity index (χ1v) is 11.0. The largest absolute Gasteiger partial charge is 0.478 e. The van der Waals surface area contributed by atoms with E-state index in [1.54, 1.807) is 38.1 Å². The van der Waals surface area contributed by atoms with Gasteiger partial charge < -0.3 is 24.2 Å². The Bertz CT molecular complexity index is 877. The van der Waals surface area contributed by atoms with Gasteiger partial charge in [0.2, 0.25) is 0 Å². The van der Waals surface area contributed by atoms with Gasteiger partial charge in [-0.3, -0.25) is 4.79 Å². The van der Waals surface area contributed by atoms with Crippen molar-refractivity contribution < 1.29 is 14.3 Å². The second kappa shape index (κ2) is 9.28. The van der Waals surface area contributed by atoms with Gasteiger partial charge in [-0.1, -0.05) is 11.6 Å². The van der Waals surface area contributed by atoms with Crippen LogP contribution in [0.1, 0.15) is 13.8 Å². The SMILES string of the molecule is CC(C)(Oc1ccc(Cl)cc1)C(=O)N1CCN(c2ccc(N3CCOCC3)nn2)CC1. The number of anilines is 2. The second-order valence-corrected chi connectivity index (χ2v) is 8.63. The molecule has 2 fully saturated rings. The summed E-state index contributed by atoms with van der Waals surface area (Å²) in [7, 11) is 0. The second-order valence-electron chi connectivity index (χ2n) is 8.19. The van der Waals surface area contributed by atoms with Crippen LogP contribution in [-0.2, 0) is 9.53 Å². The molecule has 0 atom stereocenters. The molecule has 8 nitrogen and oxygen atoms in total. The molecule has 2 aliphatic rings. The number of aromatic nitrogens is 2. The summed E-state index contributed by atoms with van der Waals surface area (Å²) >= 11 is 5.93. The van der Waals surface area contributed by atoms with Crippen molar-refractivity contribution in [3.8, 4) is 5.75 Å². The van der Waals surface area contributed by atoms with Crippen molar-refractivity contribution in [3.63, 3.8) is 0 Å². The van der Waals surface area contributed by atoms with Crippen LogP contribution in [0.4, 0.5) is 11.6 Å². The Labute approximate surface area is 187 Å². The minimum Gasteiger partial charge on any atom is -0.478 e. The zero-order valence-corrected chi connectivity index (χ0v) is 18.7. The summed E-state index contributed by atoms with van der Waals surface area (Å²) < 4.78 is 11.3. The standard InChI is InChI=1S/C22H28ClN5O3/c1-22(2,31-18-5-3-17(23)4-6-18)21(29)28-11-9-26(10-12-28)19-7-8-20(25-24-19)27-13-15-30-16-14-27/h3-8H,9-16H2,1-2H3. The van der Waals surface area contributed by atoms with Gasteiger partial charge >= 0.3 is 0 Å². The fourth-order valence-electron chi connectivity index (χ4n) is 3.81. The van der Waals surface area contributed by atoms with E-state index in [1.807, 2.05) is 17.0 Å². The fourth-order valence-corrected chi connectivity index (χ4v) is 3.93. The molecule has 0 bridgehead atoms. The zero-order chi connectivity index (χ0) is 21.8. The average molecular weight is 446 g/mol. The van der Waals surface area contributed by atoms with Crippen LogP contribution in [0.15, 0.2) is 36.4 Å². The maximum atomic E-state index is 13.1. The predicted octanol–water partition coefficient (Wildman–Crippen LogP) is 2.47. The number of morpholine rings is 1. The van der Waals surface area contributed by atoms with E-state index >= 15 is 0 Å². The molecule has 0 aliphatic carbocycles. The van der Waals surface area contributed by atoms with E-state index in [1.165, 1.54) is 0 Å². The summed E-state index contributed by atoms with van der Waals surface area (Å²) in [6, 6.07) is 11.1. The lowest BCUT2D eigenvalue weighted by Gasteiger charge is -2.39. The Kier molecular flexibility index (Phi) is 6.48. The molecule has 166 valence electrons. The van der Waals surface area contributed by atoms with Gasteiger partial charge in [0.05, 0.1) is 13.2 Å². The number of amides is 1. The van der Waals surface area contributed by atoms with Crippen molar-refractivity contribution >= 4 is 29.1 Å². The van der Waals surface area contributed by atoms with Gasteiger partial charge in [0.15, 0.2) is 17.2 Å². The molecule has 2 aliphatic heterocycles. The van der Waals surface area contributed by atoms with Crippen molar-refractivity contribution in [1.29, 1.82) is 0 Å². The number of hydrogen-bond donors (Lipinski definition) is 0. The van der Waals surface area contributed by atoms with E-state index in [0.29, 0.717) is 37.0 Å². The Morgan fingerprint density at radius 1 is 0.903 bits per heavy atom. The highest BCUT2D eigenvalue weighted by molar-refractivity contribution is 6.30. The smallest absolute Gasteiger partial charge is 0.266 e. The molecule has 1 aromatic carbocycles. The molecule has 9 heteroatoms. The lowest BCUT2D eigenvalue weighted by molar-refractivity contribution is -0.145. The van der Waals surface area contributed by atoms with E-state index in [0.717, 1.165) is 37.9 Å². The third-order valence-electron chi connectivity index (χ3n) is 5.56. The summed E-state index contributed by atoms with van der Waals surface area (Å²) in [4.78, 5) is 19.3. The van der Waals surface area contributed by atoms with Crippen LogP contribution in [-0.4, -0.2) is 79.1 Å². The molecule has 0 spiro atoms. The van der Waals surface area contributed by atoms with E-state index in [9.17, 15) is 4.79 Å². The normalized spacial score (nSPS) is 17.6. The van der Waals surface area contributed by atoms with Crippen LogP contribution in [0.2, 0.25) is 5.02 Å². The van der Waals surface area contributed by atoms with Crippen LogP contribution in [0.3, 0.4) is 0 Å². The van der Waals surface area contributed by atoms with Crippen LogP contribution in [0.5, 0.6) is 5.75 Å². The Hall–Kier alpha value is -2.58. The molecule has 31 heavy (non-hydrogen) atoms. The quantitative estimate of drug-likeness (QED) is 0.700. The van der Waals surface area contributed by atoms with Crippen LogP contribution in [0.25, 0.3) is 0 Å². The number of piperazine rings is 1. The molecule has 4 rings (SSSR count). The van der Waals surface area contributed by atoms with Crippen LogP contribution in [0, 0.1) is 0 Å². The van der Waals surface area contributed by atoms with Crippen LogP contribution >= 0.6 is 11.6 Å². The number of hydrogen-bond acceptors (Lipinski definition) is 7. The maximum absolute atomic E-state index is 13.1. The average Bonchev–Trinajstić information content (AvgIpc) is 2.81. The lowest BCUT2D eigenvalue weighted by atomic mass is 10.1. The third-order valence-corrected chi connectivity index (χ3v) is 5.82. The molecule has 3 heterocycles. The molecule has 0 N–H and O–H groups in total. The number of carbonyl (C=O) groups is 1. The number of carbonyl (C=O) groups excluding carboxylic acids is 1. The van der Waals surface area contributed by atoms with Crippen molar-refractivity contribution in [2.24, 2.45) is 0 Å². The highest BCUT2D eigenvalue weighted by Crippen LogP contribution is 2.24.